The largest absolute Gasteiger partial charge is 0.369 e. The summed E-state index contributed by atoms with van der Waals surface area (Å²) >= 11 is 1.16. The Bertz CT molecular complexity index is 769. The molecule has 3 rings (SSSR count). The zero-order chi connectivity index (χ0) is 15.0. The monoisotopic (exact) mass is 322 g/mol. The van der Waals surface area contributed by atoms with E-state index in [2.05, 4.69) is 0 Å². The molecule has 0 saturated carbocycles. The Morgan fingerprint density at radius 1 is 1.24 bits per heavy atom. The normalized spacial score (nSPS) is 18.3. The van der Waals surface area contributed by atoms with Crippen molar-refractivity contribution in [3.05, 3.63) is 47.3 Å². The highest BCUT2D eigenvalue weighted by molar-refractivity contribution is 7.94. The molecule has 1 aliphatic rings. The lowest BCUT2D eigenvalue weighted by Gasteiger charge is -2.33. The average molecular weight is 322 g/mol. The van der Waals surface area contributed by atoms with Gasteiger partial charge in [0.25, 0.3) is 10.0 Å². The minimum atomic E-state index is -3.65. The molecule has 0 bridgehead atoms. The molecular formula is C14H14N2O3S2. The van der Waals surface area contributed by atoms with Crippen molar-refractivity contribution in [1.29, 1.82) is 0 Å². The van der Waals surface area contributed by atoms with E-state index in [-0.39, 0.29) is 10.8 Å². The first-order valence-electron chi connectivity index (χ1n) is 6.43. The molecule has 0 unspecified atom stereocenters. The summed E-state index contributed by atoms with van der Waals surface area (Å²) in [5.74, 6) is -0.981. The minimum absolute atomic E-state index is 0.0899. The van der Waals surface area contributed by atoms with E-state index >= 15 is 0 Å². The molecule has 1 atom stereocenters. The Morgan fingerprint density at radius 3 is 2.67 bits per heavy atom. The molecule has 110 valence electrons. The highest BCUT2D eigenvalue weighted by Gasteiger charge is 2.35. The van der Waals surface area contributed by atoms with Crippen LogP contribution in [0.1, 0.15) is 5.56 Å². The van der Waals surface area contributed by atoms with E-state index < -0.39 is 21.8 Å². The van der Waals surface area contributed by atoms with Crippen LogP contribution in [0.3, 0.4) is 0 Å². The molecule has 5 nitrogen and oxygen atoms in total. The first-order chi connectivity index (χ1) is 10.00. The molecule has 1 aromatic heterocycles. The minimum Gasteiger partial charge on any atom is -0.369 e. The van der Waals surface area contributed by atoms with Gasteiger partial charge in [-0.25, -0.2) is 8.42 Å². The van der Waals surface area contributed by atoms with Crippen molar-refractivity contribution in [2.45, 2.75) is 10.6 Å². The summed E-state index contributed by atoms with van der Waals surface area (Å²) in [7, 11) is -3.65. The fourth-order valence-electron chi connectivity index (χ4n) is 2.49. The van der Waals surface area contributed by atoms with E-state index in [0.29, 0.717) is 12.1 Å². The molecule has 21 heavy (non-hydrogen) atoms. The highest BCUT2D eigenvalue weighted by Crippen LogP contribution is 2.34. The van der Waals surface area contributed by atoms with Crippen LogP contribution in [-0.4, -0.2) is 20.9 Å². The van der Waals surface area contributed by atoms with Crippen LogP contribution in [0.5, 0.6) is 0 Å². The summed E-state index contributed by atoms with van der Waals surface area (Å²) in [6.07, 6.45) is 0.474. The second-order valence-corrected chi connectivity index (χ2v) is 7.94. The fourth-order valence-corrected chi connectivity index (χ4v) is 5.14. The van der Waals surface area contributed by atoms with Crippen LogP contribution < -0.4 is 10.0 Å². The lowest BCUT2D eigenvalue weighted by Crippen LogP contribution is -2.44. The van der Waals surface area contributed by atoms with Gasteiger partial charge in [-0.05, 0) is 29.5 Å². The van der Waals surface area contributed by atoms with Crippen molar-refractivity contribution in [3.8, 4) is 0 Å². The Hall–Kier alpha value is -1.86. The van der Waals surface area contributed by atoms with E-state index in [9.17, 15) is 13.2 Å². The summed E-state index contributed by atoms with van der Waals surface area (Å²) in [6, 6.07) is 10.5. The van der Waals surface area contributed by atoms with E-state index in [0.717, 1.165) is 16.9 Å². The van der Waals surface area contributed by atoms with Gasteiger partial charge in [0.05, 0.1) is 11.6 Å². The topological polar surface area (TPSA) is 80.5 Å². The van der Waals surface area contributed by atoms with Gasteiger partial charge < -0.3 is 5.73 Å². The van der Waals surface area contributed by atoms with Crippen LogP contribution in [0.15, 0.2) is 46.0 Å². The number of nitrogens with zero attached hydrogens (tertiary/aromatic N) is 1. The van der Waals surface area contributed by atoms with Crippen molar-refractivity contribution in [2.24, 2.45) is 11.7 Å². The van der Waals surface area contributed by atoms with Gasteiger partial charge in [-0.3, -0.25) is 9.10 Å². The lowest BCUT2D eigenvalue weighted by molar-refractivity contribution is -0.121. The number of primary amides is 1. The molecule has 1 amide bonds. The van der Waals surface area contributed by atoms with Gasteiger partial charge >= 0.3 is 0 Å². The fraction of sp³-hybridized carbons (Fsp3) is 0.214. The summed E-state index contributed by atoms with van der Waals surface area (Å²) in [4.78, 5) is 11.5. The zero-order valence-corrected chi connectivity index (χ0v) is 12.7. The number of para-hydroxylation sites is 1. The molecule has 2 aromatic rings. The van der Waals surface area contributed by atoms with Gasteiger partial charge in [0.2, 0.25) is 5.91 Å². The third-order valence-electron chi connectivity index (χ3n) is 3.55. The Balaban J connectivity index is 2.11. The molecule has 1 aromatic carbocycles. The Kier molecular flexibility index (Phi) is 3.46. The molecule has 0 saturated heterocycles. The molecule has 1 aliphatic heterocycles. The number of sulfonamides is 1. The van der Waals surface area contributed by atoms with Crippen molar-refractivity contribution < 1.29 is 13.2 Å². The summed E-state index contributed by atoms with van der Waals surface area (Å²) in [6.45, 7) is 0.0899. The van der Waals surface area contributed by atoms with Crippen LogP contribution in [0, 0.1) is 5.92 Å². The number of thiophene rings is 1. The number of hydrogen-bond acceptors (Lipinski definition) is 4. The third kappa shape index (κ3) is 2.43. The van der Waals surface area contributed by atoms with Gasteiger partial charge in [-0.2, -0.15) is 0 Å². The second-order valence-electron chi connectivity index (χ2n) is 4.90. The molecule has 0 radical (unpaired) electrons. The number of carbonyl (C=O) groups is 1. The summed E-state index contributed by atoms with van der Waals surface area (Å²) < 4.78 is 27.1. The first kappa shape index (κ1) is 14.1. The maximum absolute atomic E-state index is 12.8. The van der Waals surface area contributed by atoms with E-state index in [1.807, 2.05) is 12.1 Å². The number of nitrogens with two attached hydrogens (primary N) is 1. The number of amides is 1. The quantitative estimate of drug-likeness (QED) is 0.932. The van der Waals surface area contributed by atoms with Crippen molar-refractivity contribution in [3.63, 3.8) is 0 Å². The van der Waals surface area contributed by atoms with Gasteiger partial charge in [0.15, 0.2) is 0 Å². The van der Waals surface area contributed by atoms with E-state index in [1.54, 1.807) is 29.6 Å². The lowest BCUT2D eigenvalue weighted by atomic mass is 9.93. The van der Waals surface area contributed by atoms with E-state index in [1.165, 1.54) is 4.31 Å². The summed E-state index contributed by atoms with van der Waals surface area (Å²) in [5, 5.41) is 1.72. The van der Waals surface area contributed by atoms with Crippen molar-refractivity contribution in [2.75, 3.05) is 10.8 Å². The third-order valence-corrected chi connectivity index (χ3v) is 6.71. The van der Waals surface area contributed by atoms with Crippen LogP contribution in [0.4, 0.5) is 5.69 Å². The molecule has 2 heterocycles. The number of anilines is 1. The molecule has 0 spiro atoms. The highest BCUT2D eigenvalue weighted by atomic mass is 32.2. The maximum Gasteiger partial charge on any atom is 0.273 e. The predicted molar refractivity (Wildman–Crippen MR) is 81.7 cm³/mol. The number of rotatable bonds is 3. The van der Waals surface area contributed by atoms with Crippen LogP contribution in [0.2, 0.25) is 0 Å². The second kappa shape index (κ2) is 5.16. The SMILES string of the molecule is NC(=O)[C@@H]1Cc2ccccc2N(S(=O)(=O)c2cccs2)C1. The molecule has 0 aliphatic carbocycles. The van der Waals surface area contributed by atoms with Gasteiger partial charge in [-0.15, -0.1) is 11.3 Å². The standard InChI is InChI=1S/C14H14N2O3S2/c15-14(17)11-8-10-4-1-2-5-12(10)16(9-11)21(18,19)13-6-3-7-20-13/h1-7,11H,8-9H2,(H2,15,17)/t11-/m1/s1. The number of carbonyl (C=O) groups excluding carboxylic acids is 1. The maximum atomic E-state index is 12.8. The zero-order valence-electron chi connectivity index (χ0n) is 11.1. The van der Waals surface area contributed by atoms with Gasteiger partial charge in [-0.1, -0.05) is 24.3 Å². The number of hydrogen-bond donors (Lipinski definition) is 1. The van der Waals surface area contributed by atoms with Gasteiger partial charge in [0.1, 0.15) is 4.21 Å². The first-order valence-corrected chi connectivity index (χ1v) is 8.75. The smallest absolute Gasteiger partial charge is 0.273 e. The van der Waals surface area contributed by atoms with E-state index in [4.69, 9.17) is 5.73 Å². The molecule has 7 heteroatoms. The van der Waals surface area contributed by atoms with Crippen LogP contribution in [-0.2, 0) is 21.2 Å². The Labute approximate surface area is 127 Å². The Morgan fingerprint density at radius 2 is 2.00 bits per heavy atom. The van der Waals surface area contributed by atoms with Crippen LogP contribution in [0.25, 0.3) is 0 Å². The number of fused-ring (bicyclic) bond motifs is 1. The van der Waals surface area contributed by atoms with Crippen molar-refractivity contribution >= 4 is 33.0 Å². The molecule has 0 fully saturated rings. The van der Waals surface area contributed by atoms with Crippen LogP contribution >= 0.6 is 11.3 Å². The molecule has 2 N–H and O–H groups in total. The number of benzene rings is 1. The predicted octanol–water partition coefficient (Wildman–Crippen LogP) is 1.60. The average Bonchev–Trinajstić information content (AvgIpc) is 3.00. The van der Waals surface area contributed by atoms with Gasteiger partial charge in [0, 0.05) is 6.54 Å². The summed E-state index contributed by atoms with van der Waals surface area (Å²) in [5.41, 5.74) is 6.85. The molecular weight excluding hydrogens is 308 g/mol. The van der Waals surface area contributed by atoms with Crippen molar-refractivity contribution in [1.82, 2.24) is 0 Å².